The van der Waals surface area contributed by atoms with Gasteiger partial charge in [0.05, 0.1) is 5.75 Å². The molecule has 0 atom stereocenters. The minimum Gasteiger partial charge on any atom is -0.351 e. The van der Waals surface area contributed by atoms with E-state index in [1.165, 1.54) is 16.4 Å². The van der Waals surface area contributed by atoms with E-state index in [1.807, 2.05) is 27.7 Å². The Bertz CT molecular complexity index is 396. The van der Waals surface area contributed by atoms with Crippen molar-refractivity contribution in [3.63, 3.8) is 0 Å². The van der Waals surface area contributed by atoms with Crippen molar-refractivity contribution in [2.75, 3.05) is 11.6 Å². The molecule has 0 radical (unpaired) electrons. The molecule has 0 spiro atoms. The molecule has 1 heterocycles. The summed E-state index contributed by atoms with van der Waals surface area (Å²) in [5, 5.41) is 11.3. The maximum Gasteiger partial charge on any atom is 0.230 e. The SMILES string of the molecule is CCc1nnc(SCC(=O)NC(C)(C)C)n1N. The molecule has 96 valence electrons. The zero-order valence-corrected chi connectivity index (χ0v) is 11.5. The minimum absolute atomic E-state index is 0.0384. The first kappa shape index (κ1) is 13.8. The number of aromatic nitrogens is 3. The van der Waals surface area contributed by atoms with Crippen molar-refractivity contribution in [1.82, 2.24) is 20.2 Å². The van der Waals surface area contributed by atoms with Crippen LogP contribution in [0, 0.1) is 0 Å². The summed E-state index contributed by atoms with van der Waals surface area (Å²) in [6.45, 7) is 7.77. The lowest BCUT2D eigenvalue weighted by atomic mass is 10.1. The van der Waals surface area contributed by atoms with Gasteiger partial charge in [-0.1, -0.05) is 18.7 Å². The van der Waals surface area contributed by atoms with Crippen molar-refractivity contribution >= 4 is 17.7 Å². The number of nitrogens with two attached hydrogens (primary N) is 1. The maximum absolute atomic E-state index is 11.6. The summed E-state index contributed by atoms with van der Waals surface area (Å²) in [4.78, 5) is 11.6. The molecule has 0 aliphatic rings. The maximum atomic E-state index is 11.6. The number of carbonyl (C=O) groups excluding carboxylic acids is 1. The van der Waals surface area contributed by atoms with Gasteiger partial charge in [0.15, 0.2) is 5.82 Å². The first-order chi connectivity index (χ1) is 7.83. The highest BCUT2D eigenvalue weighted by molar-refractivity contribution is 7.99. The second kappa shape index (κ2) is 5.39. The fraction of sp³-hybridized carbons (Fsp3) is 0.700. The molecular weight excluding hydrogens is 238 g/mol. The fourth-order valence-electron chi connectivity index (χ4n) is 1.23. The molecule has 0 saturated carbocycles. The van der Waals surface area contributed by atoms with Crippen LogP contribution in [0.2, 0.25) is 0 Å². The van der Waals surface area contributed by atoms with E-state index in [9.17, 15) is 4.79 Å². The Kier molecular flexibility index (Phi) is 4.39. The lowest BCUT2D eigenvalue weighted by molar-refractivity contribution is -0.119. The van der Waals surface area contributed by atoms with Crippen LogP contribution in [-0.2, 0) is 11.2 Å². The Morgan fingerprint density at radius 1 is 1.47 bits per heavy atom. The molecule has 0 aromatic carbocycles. The van der Waals surface area contributed by atoms with Crippen LogP contribution < -0.4 is 11.2 Å². The van der Waals surface area contributed by atoms with Crippen molar-refractivity contribution in [2.24, 2.45) is 0 Å². The Labute approximate surface area is 105 Å². The summed E-state index contributed by atoms with van der Waals surface area (Å²) in [6.07, 6.45) is 0.720. The van der Waals surface area contributed by atoms with E-state index in [0.717, 1.165) is 6.42 Å². The summed E-state index contributed by atoms with van der Waals surface area (Å²) >= 11 is 1.28. The van der Waals surface area contributed by atoms with Gasteiger partial charge in [-0.25, -0.2) is 4.68 Å². The Balaban J connectivity index is 2.50. The van der Waals surface area contributed by atoms with Crippen molar-refractivity contribution in [3.8, 4) is 0 Å². The molecule has 0 bridgehead atoms. The summed E-state index contributed by atoms with van der Waals surface area (Å²) in [5.41, 5.74) is -0.220. The van der Waals surface area contributed by atoms with E-state index < -0.39 is 0 Å². The molecule has 0 fully saturated rings. The van der Waals surface area contributed by atoms with Crippen LogP contribution in [0.1, 0.15) is 33.5 Å². The summed E-state index contributed by atoms with van der Waals surface area (Å²) in [7, 11) is 0. The van der Waals surface area contributed by atoms with E-state index in [-0.39, 0.29) is 17.2 Å². The van der Waals surface area contributed by atoms with Crippen LogP contribution in [0.4, 0.5) is 0 Å². The van der Waals surface area contributed by atoms with Gasteiger partial charge in [-0.3, -0.25) is 4.79 Å². The molecular formula is C10H19N5OS. The summed E-state index contributed by atoms with van der Waals surface area (Å²) < 4.78 is 1.43. The summed E-state index contributed by atoms with van der Waals surface area (Å²) in [6, 6.07) is 0. The summed E-state index contributed by atoms with van der Waals surface area (Å²) in [5.74, 6) is 6.73. The number of aryl methyl sites for hydroxylation is 1. The molecule has 7 heteroatoms. The smallest absolute Gasteiger partial charge is 0.230 e. The van der Waals surface area contributed by atoms with Gasteiger partial charge in [0.25, 0.3) is 0 Å². The van der Waals surface area contributed by atoms with Gasteiger partial charge in [0.1, 0.15) is 0 Å². The van der Waals surface area contributed by atoms with Crippen molar-refractivity contribution in [1.29, 1.82) is 0 Å². The lowest BCUT2D eigenvalue weighted by Gasteiger charge is -2.20. The molecule has 1 aromatic heterocycles. The first-order valence-corrected chi connectivity index (χ1v) is 6.45. The highest BCUT2D eigenvalue weighted by atomic mass is 32.2. The first-order valence-electron chi connectivity index (χ1n) is 5.46. The highest BCUT2D eigenvalue weighted by Gasteiger charge is 2.15. The number of thioether (sulfide) groups is 1. The molecule has 1 aromatic rings. The van der Waals surface area contributed by atoms with Gasteiger partial charge in [-0.05, 0) is 20.8 Å². The molecule has 1 amide bonds. The van der Waals surface area contributed by atoms with E-state index in [2.05, 4.69) is 15.5 Å². The predicted molar refractivity (Wildman–Crippen MR) is 68.2 cm³/mol. The van der Waals surface area contributed by atoms with Crippen LogP contribution >= 0.6 is 11.8 Å². The Morgan fingerprint density at radius 2 is 2.12 bits per heavy atom. The van der Waals surface area contributed by atoms with Crippen molar-refractivity contribution < 1.29 is 4.79 Å². The number of amides is 1. The van der Waals surface area contributed by atoms with Gasteiger partial charge in [0.2, 0.25) is 11.1 Å². The quantitative estimate of drug-likeness (QED) is 0.608. The molecule has 0 aliphatic heterocycles. The van der Waals surface area contributed by atoms with Gasteiger partial charge in [0, 0.05) is 12.0 Å². The number of nitrogens with one attached hydrogen (secondary N) is 1. The third-order valence-electron chi connectivity index (χ3n) is 1.90. The monoisotopic (exact) mass is 257 g/mol. The highest BCUT2D eigenvalue weighted by Crippen LogP contribution is 2.14. The van der Waals surface area contributed by atoms with Crippen molar-refractivity contribution in [2.45, 2.75) is 44.8 Å². The van der Waals surface area contributed by atoms with E-state index in [0.29, 0.717) is 11.0 Å². The molecule has 17 heavy (non-hydrogen) atoms. The number of nitrogen functional groups attached to an aromatic ring is 1. The molecule has 0 aliphatic carbocycles. The van der Waals surface area contributed by atoms with Crippen LogP contribution in [0.25, 0.3) is 0 Å². The van der Waals surface area contributed by atoms with Gasteiger partial charge < -0.3 is 11.2 Å². The van der Waals surface area contributed by atoms with Crippen molar-refractivity contribution in [3.05, 3.63) is 5.82 Å². The number of hydrogen-bond donors (Lipinski definition) is 2. The largest absolute Gasteiger partial charge is 0.351 e. The second-order valence-electron chi connectivity index (χ2n) is 4.71. The zero-order valence-electron chi connectivity index (χ0n) is 10.6. The Morgan fingerprint density at radius 3 is 2.59 bits per heavy atom. The average Bonchev–Trinajstić information content (AvgIpc) is 2.54. The third kappa shape index (κ3) is 4.26. The Hall–Kier alpha value is -1.24. The second-order valence-corrected chi connectivity index (χ2v) is 5.65. The van der Waals surface area contributed by atoms with Crippen LogP contribution in [0.15, 0.2) is 5.16 Å². The predicted octanol–water partition coefficient (Wildman–Crippen LogP) is 0.561. The third-order valence-corrected chi connectivity index (χ3v) is 2.84. The lowest BCUT2D eigenvalue weighted by Crippen LogP contribution is -2.41. The van der Waals surface area contributed by atoms with Gasteiger partial charge >= 0.3 is 0 Å². The van der Waals surface area contributed by atoms with E-state index in [4.69, 9.17) is 5.84 Å². The average molecular weight is 257 g/mol. The van der Waals surface area contributed by atoms with E-state index in [1.54, 1.807) is 0 Å². The molecule has 3 N–H and O–H groups in total. The number of rotatable bonds is 4. The normalized spacial score (nSPS) is 11.5. The van der Waals surface area contributed by atoms with Gasteiger partial charge in [-0.2, -0.15) is 0 Å². The number of hydrogen-bond acceptors (Lipinski definition) is 5. The minimum atomic E-state index is -0.220. The van der Waals surface area contributed by atoms with Crippen LogP contribution in [-0.4, -0.2) is 32.1 Å². The van der Waals surface area contributed by atoms with E-state index >= 15 is 0 Å². The topological polar surface area (TPSA) is 85.8 Å². The van der Waals surface area contributed by atoms with Crippen LogP contribution in [0.5, 0.6) is 0 Å². The van der Waals surface area contributed by atoms with Gasteiger partial charge in [-0.15, -0.1) is 10.2 Å². The molecule has 0 saturated heterocycles. The number of nitrogens with zero attached hydrogens (tertiary/aromatic N) is 3. The molecule has 1 rings (SSSR count). The molecule has 6 nitrogen and oxygen atoms in total. The van der Waals surface area contributed by atoms with Crippen LogP contribution in [0.3, 0.4) is 0 Å². The zero-order chi connectivity index (χ0) is 13.1. The number of carbonyl (C=O) groups is 1. The fourth-order valence-corrected chi connectivity index (χ4v) is 1.91. The molecule has 0 unspecified atom stereocenters. The standard InChI is InChI=1S/C10H19N5OS/c1-5-7-13-14-9(15(7)11)17-6-8(16)12-10(2,3)4/h5-6,11H2,1-4H3,(H,12,16).